The summed E-state index contributed by atoms with van der Waals surface area (Å²) < 4.78 is 60.7. The second kappa shape index (κ2) is 12.5. The number of aromatic amines is 1. The largest absolute Gasteiger partial charge is 0.416 e. The number of aromatic nitrogens is 4. The Morgan fingerprint density at radius 3 is 2.43 bits per heavy atom. The molecule has 10 nitrogen and oxygen atoms in total. The molecule has 2 N–H and O–H groups in total. The zero-order valence-electron chi connectivity index (χ0n) is 26.3. The van der Waals surface area contributed by atoms with Crippen LogP contribution in [0.4, 0.5) is 23.2 Å². The highest BCUT2D eigenvalue weighted by molar-refractivity contribution is 5.91. The average Bonchev–Trinajstić information content (AvgIpc) is 3.44. The number of imidazole rings is 1. The van der Waals surface area contributed by atoms with Gasteiger partial charge in [0.05, 0.1) is 29.2 Å². The molecule has 14 heteroatoms. The summed E-state index contributed by atoms with van der Waals surface area (Å²) in [6.07, 6.45) is 0.554. The lowest BCUT2D eigenvalue weighted by Crippen LogP contribution is -2.44. The maximum Gasteiger partial charge on any atom is 0.416 e. The summed E-state index contributed by atoms with van der Waals surface area (Å²) in [6.45, 7) is 3.25. The van der Waals surface area contributed by atoms with Crippen LogP contribution in [0, 0.1) is 11.2 Å². The fraction of sp³-hybridized carbons (Fsp3) is 0.455. The Kier molecular flexibility index (Phi) is 8.70. The van der Waals surface area contributed by atoms with Gasteiger partial charge in [0.1, 0.15) is 17.0 Å². The molecule has 0 spiro atoms. The van der Waals surface area contributed by atoms with Gasteiger partial charge in [-0.1, -0.05) is 12.5 Å². The number of nitrogens with zero attached hydrogens (tertiary/aromatic N) is 5. The second-order valence-corrected chi connectivity index (χ2v) is 12.7. The van der Waals surface area contributed by atoms with Crippen LogP contribution < -0.4 is 4.90 Å². The molecule has 6 rings (SSSR count). The number of halogens is 4. The van der Waals surface area contributed by atoms with Crippen LogP contribution in [0.1, 0.15) is 50.2 Å². The van der Waals surface area contributed by atoms with Crippen molar-refractivity contribution in [3.8, 4) is 22.8 Å². The van der Waals surface area contributed by atoms with Crippen LogP contribution in [0.5, 0.6) is 0 Å². The molecule has 250 valence electrons. The first-order chi connectivity index (χ1) is 22.3. The number of carbonyl (C=O) groups is 1. The molecule has 0 bridgehead atoms. The Hall–Kier alpha value is -4.14. The summed E-state index contributed by atoms with van der Waals surface area (Å²) in [7, 11) is 3.55. The zero-order valence-corrected chi connectivity index (χ0v) is 26.3. The number of nitrogens with one attached hydrogen (secondary N) is 1. The van der Waals surface area contributed by atoms with E-state index in [9.17, 15) is 27.5 Å². The number of hydroxylamine groups is 2. The van der Waals surface area contributed by atoms with Gasteiger partial charge in [0.2, 0.25) is 0 Å². The number of carbonyl (C=O) groups excluding carboxylic acids is 1. The molecule has 0 unspecified atom stereocenters. The monoisotopic (exact) mass is 656 g/mol. The van der Waals surface area contributed by atoms with Gasteiger partial charge in [0, 0.05) is 63.5 Å². The van der Waals surface area contributed by atoms with E-state index in [1.807, 2.05) is 11.9 Å². The Morgan fingerprint density at radius 1 is 1.09 bits per heavy atom. The summed E-state index contributed by atoms with van der Waals surface area (Å²) in [5.41, 5.74) is 0.268. The predicted octanol–water partition coefficient (Wildman–Crippen LogP) is 5.86. The third-order valence-electron chi connectivity index (χ3n) is 9.16. The number of methoxy groups -OCH3 is 1. The number of H-pyrrole nitrogens is 1. The van der Waals surface area contributed by atoms with Crippen molar-refractivity contribution in [3.05, 3.63) is 59.5 Å². The van der Waals surface area contributed by atoms with E-state index in [1.54, 1.807) is 31.5 Å². The highest BCUT2D eigenvalue weighted by Gasteiger charge is 2.39. The molecule has 4 aromatic rings. The third-order valence-corrected chi connectivity index (χ3v) is 9.16. The molecule has 3 aromatic heterocycles. The first-order valence-electron chi connectivity index (χ1n) is 15.4. The van der Waals surface area contributed by atoms with E-state index >= 15 is 0 Å². The van der Waals surface area contributed by atoms with E-state index in [0.29, 0.717) is 73.4 Å². The summed E-state index contributed by atoms with van der Waals surface area (Å²) in [4.78, 5) is 35.5. The minimum absolute atomic E-state index is 0.0239. The number of pyridine rings is 2. The first-order valence-corrected chi connectivity index (χ1v) is 15.4. The Morgan fingerprint density at radius 2 is 1.83 bits per heavy atom. The van der Waals surface area contributed by atoms with Gasteiger partial charge in [-0.2, -0.15) is 13.2 Å². The van der Waals surface area contributed by atoms with Crippen LogP contribution in [-0.2, 0) is 26.1 Å². The molecule has 47 heavy (non-hydrogen) atoms. The predicted molar refractivity (Wildman–Crippen MR) is 165 cm³/mol. The van der Waals surface area contributed by atoms with Crippen molar-refractivity contribution in [2.75, 3.05) is 45.3 Å². The number of alkyl halides is 3. The van der Waals surface area contributed by atoms with Crippen molar-refractivity contribution in [3.63, 3.8) is 0 Å². The van der Waals surface area contributed by atoms with Crippen molar-refractivity contribution in [1.82, 2.24) is 25.0 Å². The second-order valence-electron chi connectivity index (χ2n) is 12.7. The lowest BCUT2D eigenvalue weighted by atomic mass is 9.69. The minimum Gasteiger partial charge on any atom is -0.385 e. The highest BCUT2D eigenvalue weighted by atomic mass is 19.4. The summed E-state index contributed by atoms with van der Waals surface area (Å²) in [5, 5.41) is 12.8. The molecule has 2 aliphatic rings. The Bertz CT molecular complexity index is 1770. The Labute approximate surface area is 268 Å². The Balaban J connectivity index is 1.36. The number of ether oxygens (including phenoxy) is 1. The lowest BCUT2D eigenvalue weighted by molar-refractivity contribution is -0.204. The normalized spacial score (nSPS) is 17.8. The summed E-state index contributed by atoms with van der Waals surface area (Å²) in [6, 6.07) is 7.50. The maximum absolute atomic E-state index is 14.4. The molecular weight excluding hydrogens is 620 g/mol. The van der Waals surface area contributed by atoms with E-state index in [-0.39, 0.29) is 22.3 Å². The minimum atomic E-state index is -4.73. The number of fused-ring (bicyclic) bond motifs is 1. The van der Waals surface area contributed by atoms with Gasteiger partial charge in [-0.25, -0.2) is 14.4 Å². The fourth-order valence-corrected chi connectivity index (χ4v) is 6.59. The molecular formula is C33H36F4N6O4. The molecule has 1 aliphatic carbocycles. The number of piperidine rings is 1. The van der Waals surface area contributed by atoms with Gasteiger partial charge in [-0.15, -0.1) is 5.06 Å². The van der Waals surface area contributed by atoms with Crippen LogP contribution in [0.3, 0.4) is 0 Å². The molecule has 2 fully saturated rings. The SMILES string of the molecule is COCC1(CN(C)c2cc(-c3cc(F)cc(C(F)(F)F)c3)nc3nc(-c4ccc(C5(O)CCN(OC(C)=O)CC5)cn4)[nH]c23)CCC1. The van der Waals surface area contributed by atoms with Crippen LogP contribution >= 0.6 is 0 Å². The highest BCUT2D eigenvalue weighted by Crippen LogP contribution is 2.43. The van der Waals surface area contributed by atoms with Gasteiger partial charge in [0.25, 0.3) is 0 Å². The molecule has 1 saturated heterocycles. The number of anilines is 1. The molecule has 1 saturated carbocycles. The van der Waals surface area contributed by atoms with Crippen molar-refractivity contribution >= 4 is 22.8 Å². The lowest BCUT2D eigenvalue weighted by Gasteiger charge is -2.44. The number of benzene rings is 1. The van der Waals surface area contributed by atoms with Crippen LogP contribution in [0.2, 0.25) is 0 Å². The van der Waals surface area contributed by atoms with E-state index in [0.717, 1.165) is 31.4 Å². The van der Waals surface area contributed by atoms with Gasteiger partial charge in [0.15, 0.2) is 11.5 Å². The van der Waals surface area contributed by atoms with Gasteiger partial charge < -0.3 is 24.6 Å². The van der Waals surface area contributed by atoms with Crippen LogP contribution in [0.15, 0.2) is 42.6 Å². The van der Waals surface area contributed by atoms with E-state index in [1.165, 1.54) is 12.0 Å². The number of rotatable bonds is 9. The third kappa shape index (κ3) is 6.81. The van der Waals surface area contributed by atoms with E-state index < -0.39 is 29.1 Å². The molecule has 0 radical (unpaired) electrons. The van der Waals surface area contributed by atoms with Crippen molar-refractivity contribution in [1.29, 1.82) is 0 Å². The summed E-state index contributed by atoms with van der Waals surface area (Å²) >= 11 is 0. The number of hydrogen-bond donors (Lipinski definition) is 2. The fourth-order valence-electron chi connectivity index (χ4n) is 6.59. The average molecular weight is 657 g/mol. The number of hydrogen-bond acceptors (Lipinski definition) is 9. The van der Waals surface area contributed by atoms with Gasteiger partial charge in [-0.3, -0.25) is 9.78 Å². The van der Waals surface area contributed by atoms with Crippen molar-refractivity contribution < 1.29 is 37.0 Å². The van der Waals surface area contributed by atoms with Crippen LogP contribution in [0.25, 0.3) is 33.9 Å². The zero-order chi connectivity index (χ0) is 33.6. The molecule has 0 amide bonds. The first kappa shape index (κ1) is 32.8. The number of aliphatic hydroxyl groups is 1. The van der Waals surface area contributed by atoms with Crippen LogP contribution in [-0.4, -0.2) is 76.5 Å². The molecule has 4 heterocycles. The van der Waals surface area contributed by atoms with Gasteiger partial charge >= 0.3 is 12.1 Å². The van der Waals surface area contributed by atoms with Gasteiger partial charge in [-0.05, 0) is 56.0 Å². The quantitative estimate of drug-likeness (QED) is 0.214. The van der Waals surface area contributed by atoms with Crippen molar-refractivity contribution in [2.24, 2.45) is 5.41 Å². The standard InChI is InChI=1S/C33H36F4N6O4/c1-20(44)47-43-11-9-32(45,10-12-43)22-5-6-25(38-17-22)29-40-28-27(42(2)18-31(19-46-3)7-4-8-31)16-26(39-30(28)41-29)21-13-23(33(35,36)37)15-24(34)14-21/h5-6,13-17,45H,4,7-12,18-19H2,1-3H3,(H,39,40,41). The van der Waals surface area contributed by atoms with E-state index in [2.05, 4.69) is 19.9 Å². The van der Waals surface area contributed by atoms with E-state index in [4.69, 9.17) is 9.57 Å². The molecule has 0 atom stereocenters. The maximum atomic E-state index is 14.4. The topological polar surface area (TPSA) is 117 Å². The summed E-state index contributed by atoms with van der Waals surface area (Å²) in [5.74, 6) is -1.07. The molecule has 1 aromatic carbocycles. The molecule has 1 aliphatic heterocycles. The van der Waals surface area contributed by atoms with Crippen molar-refractivity contribution in [2.45, 2.75) is 50.8 Å². The smallest absolute Gasteiger partial charge is 0.385 e.